The number of hydrogen-bond acceptors (Lipinski definition) is 5. The zero-order valence-electron chi connectivity index (χ0n) is 33.1. The minimum absolute atomic E-state index is 0.219. The van der Waals surface area contributed by atoms with Gasteiger partial charge in [0.1, 0.15) is 0 Å². The highest BCUT2D eigenvalue weighted by Gasteiger charge is 2.48. The molecule has 3 aliphatic rings. The molecule has 3 saturated carbocycles. The predicted molar refractivity (Wildman–Crippen MR) is 204 cm³/mol. The minimum Gasteiger partial charge on any atom is -0.396 e. The van der Waals surface area contributed by atoms with Gasteiger partial charge in [0.2, 0.25) is 0 Å². The van der Waals surface area contributed by atoms with Crippen LogP contribution in [-0.4, -0.2) is 48.2 Å². The lowest BCUT2D eigenvalue weighted by Gasteiger charge is -2.47. The summed E-state index contributed by atoms with van der Waals surface area (Å²) in [7, 11) is 0. The Morgan fingerprint density at radius 3 is 1.53 bits per heavy atom. The number of hydrogen-bond donors (Lipinski definition) is 5. The molecule has 0 heterocycles. The highest BCUT2D eigenvalue weighted by Crippen LogP contribution is 2.58. The fraction of sp³-hybridized carbons (Fsp3) is 1.00. The Morgan fingerprint density at radius 1 is 0.600 bits per heavy atom. The van der Waals surface area contributed by atoms with Crippen molar-refractivity contribution in [1.82, 2.24) is 0 Å². The van der Waals surface area contributed by atoms with Crippen LogP contribution in [0.3, 0.4) is 0 Å². The monoisotopic (exact) mass is 647 g/mol. The van der Waals surface area contributed by atoms with Crippen molar-refractivity contribution in [1.29, 1.82) is 0 Å². The number of aliphatic hydroxyl groups excluding tert-OH is 3. The zero-order valence-corrected chi connectivity index (χ0v) is 33.1. The first-order valence-electron chi connectivity index (χ1n) is 19.9. The van der Waals surface area contributed by atoms with Crippen molar-refractivity contribution in [3.05, 3.63) is 0 Å². The molecule has 5 heteroatoms. The molecule has 0 bridgehead atoms. The van der Waals surface area contributed by atoms with Crippen molar-refractivity contribution in [2.24, 2.45) is 46.0 Å². The van der Waals surface area contributed by atoms with Crippen molar-refractivity contribution in [3.63, 3.8) is 0 Å². The second-order valence-corrected chi connectivity index (χ2v) is 13.8. The molecular weight excluding hydrogens is 556 g/mol. The van der Waals surface area contributed by atoms with Crippen LogP contribution in [0.15, 0.2) is 0 Å². The summed E-state index contributed by atoms with van der Waals surface area (Å²) in [5.74, 6) is 3.80. The van der Waals surface area contributed by atoms with Crippen LogP contribution in [0.25, 0.3) is 0 Å². The van der Waals surface area contributed by atoms with Crippen LogP contribution in [0.4, 0.5) is 0 Å². The second-order valence-electron chi connectivity index (χ2n) is 13.8. The lowest BCUT2D eigenvalue weighted by molar-refractivity contribution is 0.0357. The van der Waals surface area contributed by atoms with Crippen LogP contribution in [0.2, 0.25) is 0 Å². The molecule has 6 atom stereocenters. The summed E-state index contributed by atoms with van der Waals surface area (Å²) in [6.07, 6.45) is 23.8. The van der Waals surface area contributed by atoms with E-state index in [0.29, 0.717) is 30.5 Å². The molecule has 0 aromatic rings. The van der Waals surface area contributed by atoms with Crippen molar-refractivity contribution in [3.8, 4) is 0 Å². The van der Waals surface area contributed by atoms with Gasteiger partial charge in [-0.05, 0) is 118 Å². The molecule has 0 amide bonds. The van der Waals surface area contributed by atoms with Gasteiger partial charge in [0.15, 0.2) is 0 Å². The van der Waals surface area contributed by atoms with Crippen LogP contribution in [0, 0.1) is 34.5 Å². The maximum Gasteiger partial charge on any atom is 0.0443 e. The van der Waals surface area contributed by atoms with E-state index < -0.39 is 0 Å². The van der Waals surface area contributed by atoms with Gasteiger partial charge in [-0.3, -0.25) is 0 Å². The SMILES string of the molecule is CC.CC.CC1CCC2CCCC[C@]2(C)CCC[C@]2(C)C(CCCCO)CCC12.CCC.CCC.NCCCO.NCCCO. The maximum atomic E-state index is 9.17. The molecule has 3 aliphatic carbocycles. The Labute approximate surface area is 285 Å². The molecule has 3 fully saturated rings. The third-order valence-electron chi connectivity index (χ3n) is 9.95. The smallest absolute Gasteiger partial charge is 0.0443 e. The molecule has 0 radical (unpaired) electrons. The average molecular weight is 647 g/mol. The fourth-order valence-electron chi connectivity index (χ4n) is 7.66. The Kier molecular flexibility index (Phi) is 42.0. The van der Waals surface area contributed by atoms with E-state index in [-0.39, 0.29) is 13.2 Å². The van der Waals surface area contributed by atoms with E-state index in [1.54, 1.807) is 0 Å². The molecule has 5 nitrogen and oxygen atoms in total. The van der Waals surface area contributed by atoms with E-state index in [0.717, 1.165) is 42.9 Å². The summed E-state index contributed by atoms with van der Waals surface area (Å²) >= 11 is 0. The molecule has 278 valence electrons. The van der Waals surface area contributed by atoms with Gasteiger partial charge in [-0.15, -0.1) is 0 Å². The van der Waals surface area contributed by atoms with Gasteiger partial charge in [0, 0.05) is 19.8 Å². The largest absolute Gasteiger partial charge is 0.396 e. The number of nitrogens with two attached hydrogens (primary N) is 2. The van der Waals surface area contributed by atoms with Crippen LogP contribution < -0.4 is 11.5 Å². The molecule has 7 N–H and O–H groups in total. The van der Waals surface area contributed by atoms with Gasteiger partial charge in [-0.2, -0.15) is 0 Å². The van der Waals surface area contributed by atoms with Gasteiger partial charge in [-0.25, -0.2) is 0 Å². The van der Waals surface area contributed by atoms with E-state index in [2.05, 4.69) is 48.5 Å². The van der Waals surface area contributed by atoms with Crippen LogP contribution in [-0.2, 0) is 0 Å². The van der Waals surface area contributed by atoms with Gasteiger partial charge in [-0.1, -0.05) is 121 Å². The van der Waals surface area contributed by atoms with E-state index in [1.165, 1.54) is 96.3 Å². The topological polar surface area (TPSA) is 113 Å². The van der Waals surface area contributed by atoms with Crippen LogP contribution >= 0.6 is 0 Å². The number of unbranched alkanes of at least 4 members (excludes halogenated alkanes) is 1. The van der Waals surface area contributed by atoms with E-state index in [1.807, 2.05) is 27.7 Å². The highest BCUT2D eigenvalue weighted by molar-refractivity contribution is 4.98. The van der Waals surface area contributed by atoms with Crippen molar-refractivity contribution in [2.75, 3.05) is 32.9 Å². The zero-order chi connectivity index (χ0) is 35.6. The normalized spacial score (nSPS) is 28.3. The first-order chi connectivity index (χ1) is 21.7. The number of aliphatic hydroxyl groups is 3. The third-order valence-corrected chi connectivity index (χ3v) is 9.95. The van der Waals surface area contributed by atoms with Gasteiger partial charge in [0.05, 0.1) is 0 Å². The molecule has 0 aliphatic heterocycles. The Balaban J connectivity index is -0.000000347. The summed E-state index contributed by atoms with van der Waals surface area (Å²) in [6.45, 7) is 26.4. The molecule has 4 unspecified atom stereocenters. The predicted octanol–water partition coefficient (Wildman–Crippen LogP) is 10.5. The molecule has 0 aromatic carbocycles. The first-order valence-corrected chi connectivity index (χ1v) is 19.9. The Bertz CT molecular complexity index is 538. The van der Waals surface area contributed by atoms with Crippen LogP contribution in [0.5, 0.6) is 0 Å². The quantitative estimate of drug-likeness (QED) is 0.168. The minimum atomic E-state index is 0.219. The van der Waals surface area contributed by atoms with Crippen LogP contribution in [0.1, 0.15) is 192 Å². The van der Waals surface area contributed by atoms with E-state index in [9.17, 15) is 0 Å². The van der Waals surface area contributed by atoms with Crippen molar-refractivity contribution >= 4 is 0 Å². The third kappa shape index (κ3) is 23.7. The molecule has 0 spiro atoms. The van der Waals surface area contributed by atoms with Gasteiger partial charge in [0.25, 0.3) is 0 Å². The standard InChI is InChI=1S/C24H44O.2C3H9NO.2C3H8.2C2H6/c1-19-11-12-20-9-4-6-15-23(20,2)16-8-17-24(3)21(10-5-7-18-25)13-14-22(19)24;2*4-2-1-3-5;2*1-3-2;2*1-2/h19-22,25H,4-18H2,1-3H3;2*5H,1-4H2;2*3H2,1-2H3;2*1-2H3/t19?,20?,21?,22?,23-,24-;;;;;;/m1....../s1. The summed E-state index contributed by atoms with van der Waals surface area (Å²) in [6, 6.07) is 0. The fourth-order valence-corrected chi connectivity index (χ4v) is 7.66. The van der Waals surface area contributed by atoms with Gasteiger partial charge >= 0.3 is 0 Å². The Hall–Kier alpha value is -0.200. The highest BCUT2D eigenvalue weighted by atomic mass is 16.3. The van der Waals surface area contributed by atoms with Gasteiger partial charge < -0.3 is 26.8 Å². The summed E-state index contributed by atoms with van der Waals surface area (Å²) in [4.78, 5) is 0. The van der Waals surface area contributed by atoms with Crippen molar-refractivity contribution < 1.29 is 15.3 Å². The molecule has 0 saturated heterocycles. The van der Waals surface area contributed by atoms with Crippen molar-refractivity contribution in [2.45, 2.75) is 192 Å². The first kappa shape index (κ1) is 51.6. The molecule has 3 rings (SSSR count). The second kappa shape index (κ2) is 36.6. The number of rotatable bonds is 8. The lowest BCUT2D eigenvalue weighted by Crippen LogP contribution is -2.37. The lowest BCUT2D eigenvalue weighted by atomic mass is 9.58. The number of fused-ring (bicyclic) bond motifs is 2. The molecule has 45 heavy (non-hydrogen) atoms. The summed E-state index contributed by atoms with van der Waals surface area (Å²) < 4.78 is 0. The summed E-state index contributed by atoms with van der Waals surface area (Å²) in [5.41, 5.74) is 11.2. The van der Waals surface area contributed by atoms with E-state index >= 15 is 0 Å². The molecular formula is C40H90N2O3. The van der Waals surface area contributed by atoms with E-state index in [4.69, 9.17) is 26.8 Å². The summed E-state index contributed by atoms with van der Waals surface area (Å²) in [5, 5.41) is 25.1. The average Bonchev–Trinajstić information content (AvgIpc) is 3.36. The molecule has 0 aromatic heterocycles. The maximum absolute atomic E-state index is 9.17. The Morgan fingerprint density at radius 2 is 1.09 bits per heavy atom.